The molecule has 0 atom stereocenters. The molecule has 1 amide bonds. The third-order valence-corrected chi connectivity index (χ3v) is 6.13. The van der Waals surface area contributed by atoms with Gasteiger partial charge in [-0.15, -0.1) is 0 Å². The van der Waals surface area contributed by atoms with Gasteiger partial charge in [0, 0.05) is 42.3 Å². The molecule has 3 aromatic carbocycles. The van der Waals surface area contributed by atoms with Crippen LogP contribution in [0.3, 0.4) is 0 Å². The fourth-order valence-corrected chi connectivity index (χ4v) is 4.50. The lowest BCUT2D eigenvalue weighted by molar-refractivity contribution is 0.157. The van der Waals surface area contributed by atoms with Crippen molar-refractivity contribution in [2.75, 3.05) is 20.2 Å². The van der Waals surface area contributed by atoms with Crippen LogP contribution in [0.4, 0.5) is 4.79 Å². The fraction of sp³-hybridized carbons (Fsp3) is 0.276. The van der Waals surface area contributed by atoms with Crippen molar-refractivity contribution in [3.05, 3.63) is 83.6 Å². The summed E-state index contributed by atoms with van der Waals surface area (Å²) in [6.45, 7) is 10.0. The fourth-order valence-electron chi connectivity index (χ4n) is 4.50. The van der Waals surface area contributed by atoms with Gasteiger partial charge in [-0.2, -0.15) is 0 Å². The average Bonchev–Trinajstić information content (AvgIpc) is 3.21. The molecular formula is C29H32N2O3. The van der Waals surface area contributed by atoms with E-state index in [2.05, 4.69) is 61.0 Å². The number of benzene rings is 3. The quantitative estimate of drug-likeness (QED) is 0.306. The second-order valence-electron chi connectivity index (χ2n) is 8.58. The van der Waals surface area contributed by atoms with Gasteiger partial charge in [-0.3, -0.25) is 0 Å². The van der Waals surface area contributed by atoms with E-state index in [1.807, 2.05) is 38.1 Å². The van der Waals surface area contributed by atoms with Gasteiger partial charge in [0.05, 0.1) is 7.11 Å². The Morgan fingerprint density at radius 2 is 1.68 bits per heavy atom. The van der Waals surface area contributed by atoms with Crippen LogP contribution in [0.25, 0.3) is 22.0 Å². The van der Waals surface area contributed by atoms with E-state index in [0.717, 1.165) is 33.3 Å². The molecule has 4 rings (SSSR count). The van der Waals surface area contributed by atoms with Gasteiger partial charge in [-0.1, -0.05) is 41.5 Å². The zero-order valence-corrected chi connectivity index (χ0v) is 20.6. The number of amides is 1. The molecule has 0 bridgehead atoms. The van der Waals surface area contributed by atoms with Crippen molar-refractivity contribution < 1.29 is 14.3 Å². The monoisotopic (exact) mass is 456 g/mol. The van der Waals surface area contributed by atoms with Crippen LogP contribution in [0.2, 0.25) is 0 Å². The predicted octanol–water partition coefficient (Wildman–Crippen LogP) is 6.82. The van der Waals surface area contributed by atoms with Crippen LogP contribution in [0.15, 0.2) is 66.9 Å². The molecule has 0 radical (unpaired) electrons. The standard InChI is InChI=1S/C29H32N2O3/c1-6-30(7-2)29(32)34-27-12-11-26-25(28(27)23-16-20(3)15-21(4)17-23)13-14-31(26)19-22-9-8-10-24(18-22)33-5/h8-18H,6-7,19H2,1-5H3. The number of aromatic nitrogens is 1. The van der Waals surface area contributed by atoms with Gasteiger partial charge in [0.2, 0.25) is 0 Å². The summed E-state index contributed by atoms with van der Waals surface area (Å²) in [5, 5.41) is 1.05. The highest BCUT2D eigenvalue weighted by Crippen LogP contribution is 2.39. The van der Waals surface area contributed by atoms with Crippen molar-refractivity contribution in [3.63, 3.8) is 0 Å². The van der Waals surface area contributed by atoms with Crippen molar-refractivity contribution in [1.29, 1.82) is 0 Å². The Balaban J connectivity index is 1.83. The van der Waals surface area contributed by atoms with Crippen LogP contribution in [-0.2, 0) is 6.54 Å². The van der Waals surface area contributed by atoms with Crippen LogP contribution >= 0.6 is 0 Å². The highest BCUT2D eigenvalue weighted by atomic mass is 16.6. The maximum atomic E-state index is 12.8. The van der Waals surface area contributed by atoms with E-state index in [0.29, 0.717) is 25.4 Å². The third-order valence-electron chi connectivity index (χ3n) is 6.13. The maximum absolute atomic E-state index is 12.8. The van der Waals surface area contributed by atoms with E-state index in [-0.39, 0.29) is 6.09 Å². The molecular weight excluding hydrogens is 424 g/mol. The number of nitrogens with zero attached hydrogens (tertiary/aromatic N) is 2. The van der Waals surface area contributed by atoms with Crippen molar-refractivity contribution in [2.45, 2.75) is 34.2 Å². The molecule has 0 aliphatic carbocycles. The van der Waals surface area contributed by atoms with E-state index in [1.54, 1.807) is 12.0 Å². The minimum absolute atomic E-state index is 0.328. The summed E-state index contributed by atoms with van der Waals surface area (Å²) in [6, 6.07) is 20.6. The molecule has 0 saturated carbocycles. The molecule has 0 unspecified atom stereocenters. The van der Waals surface area contributed by atoms with Crippen molar-refractivity contribution in [2.24, 2.45) is 0 Å². The van der Waals surface area contributed by atoms with Crippen molar-refractivity contribution in [3.8, 4) is 22.6 Å². The Kier molecular flexibility index (Phi) is 6.92. The Bertz CT molecular complexity index is 1300. The summed E-state index contributed by atoms with van der Waals surface area (Å²) in [6.07, 6.45) is 1.76. The summed E-state index contributed by atoms with van der Waals surface area (Å²) >= 11 is 0. The Morgan fingerprint density at radius 1 is 0.941 bits per heavy atom. The summed E-state index contributed by atoms with van der Waals surface area (Å²) in [5.74, 6) is 1.42. The number of carbonyl (C=O) groups excluding carboxylic acids is 1. The van der Waals surface area contributed by atoms with Gasteiger partial charge < -0.3 is 18.9 Å². The molecule has 0 fully saturated rings. The largest absolute Gasteiger partial charge is 0.497 e. The van der Waals surface area contributed by atoms with Gasteiger partial charge in [-0.05, 0) is 69.2 Å². The lowest BCUT2D eigenvalue weighted by Gasteiger charge is -2.20. The van der Waals surface area contributed by atoms with Crippen LogP contribution in [0.5, 0.6) is 11.5 Å². The van der Waals surface area contributed by atoms with Crippen molar-refractivity contribution >= 4 is 17.0 Å². The smallest absolute Gasteiger partial charge is 0.415 e. The van der Waals surface area contributed by atoms with Gasteiger partial charge in [0.15, 0.2) is 0 Å². The summed E-state index contributed by atoms with van der Waals surface area (Å²) in [5.41, 5.74) is 6.56. The number of hydrogen-bond acceptors (Lipinski definition) is 3. The molecule has 0 aliphatic heterocycles. The van der Waals surface area contributed by atoms with E-state index in [1.165, 1.54) is 11.1 Å². The predicted molar refractivity (Wildman–Crippen MR) is 138 cm³/mol. The Labute approximate surface area is 201 Å². The first-order valence-corrected chi connectivity index (χ1v) is 11.7. The number of fused-ring (bicyclic) bond motifs is 1. The number of ether oxygens (including phenoxy) is 2. The van der Waals surface area contributed by atoms with Gasteiger partial charge in [0.25, 0.3) is 0 Å². The third kappa shape index (κ3) is 4.79. The lowest BCUT2D eigenvalue weighted by atomic mass is 9.97. The van der Waals surface area contributed by atoms with Crippen LogP contribution in [0, 0.1) is 13.8 Å². The molecule has 34 heavy (non-hydrogen) atoms. The number of methoxy groups -OCH3 is 1. The molecule has 176 valence electrons. The van der Waals surface area contributed by atoms with Gasteiger partial charge >= 0.3 is 6.09 Å². The first kappa shape index (κ1) is 23.4. The van der Waals surface area contributed by atoms with E-state index >= 15 is 0 Å². The summed E-state index contributed by atoms with van der Waals surface area (Å²) < 4.78 is 13.6. The molecule has 1 heterocycles. The van der Waals surface area contributed by atoms with Crippen LogP contribution in [0.1, 0.15) is 30.5 Å². The normalized spacial score (nSPS) is 11.0. The van der Waals surface area contributed by atoms with Crippen LogP contribution in [-0.4, -0.2) is 35.8 Å². The molecule has 4 aromatic rings. The first-order valence-electron chi connectivity index (χ1n) is 11.7. The topological polar surface area (TPSA) is 43.7 Å². The summed E-state index contributed by atoms with van der Waals surface area (Å²) in [4.78, 5) is 14.5. The molecule has 0 aliphatic rings. The Morgan fingerprint density at radius 3 is 2.35 bits per heavy atom. The van der Waals surface area contributed by atoms with Gasteiger partial charge in [0.1, 0.15) is 11.5 Å². The van der Waals surface area contributed by atoms with E-state index in [4.69, 9.17) is 9.47 Å². The molecule has 5 nitrogen and oxygen atoms in total. The maximum Gasteiger partial charge on any atom is 0.415 e. The number of carbonyl (C=O) groups is 1. The Hall–Kier alpha value is -3.73. The zero-order chi connectivity index (χ0) is 24.2. The second-order valence-corrected chi connectivity index (χ2v) is 8.58. The summed E-state index contributed by atoms with van der Waals surface area (Å²) in [7, 11) is 1.68. The number of aryl methyl sites for hydroxylation is 2. The first-order chi connectivity index (χ1) is 16.4. The van der Waals surface area contributed by atoms with Crippen molar-refractivity contribution in [1.82, 2.24) is 9.47 Å². The van der Waals surface area contributed by atoms with E-state index in [9.17, 15) is 4.79 Å². The minimum Gasteiger partial charge on any atom is -0.497 e. The van der Waals surface area contributed by atoms with Gasteiger partial charge in [-0.25, -0.2) is 4.79 Å². The second kappa shape index (κ2) is 10.0. The zero-order valence-electron chi connectivity index (χ0n) is 20.6. The molecule has 0 saturated heterocycles. The molecule has 1 aromatic heterocycles. The van der Waals surface area contributed by atoms with Crippen LogP contribution < -0.4 is 9.47 Å². The molecule has 0 spiro atoms. The molecule has 5 heteroatoms. The molecule has 0 N–H and O–H groups in total. The number of rotatable bonds is 7. The van der Waals surface area contributed by atoms with E-state index < -0.39 is 0 Å². The lowest BCUT2D eigenvalue weighted by Crippen LogP contribution is -2.33. The highest BCUT2D eigenvalue weighted by Gasteiger charge is 2.19. The highest BCUT2D eigenvalue weighted by molar-refractivity contribution is 6.00. The minimum atomic E-state index is -0.328. The number of hydrogen-bond donors (Lipinski definition) is 0. The average molecular weight is 457 g/mol. The SMILES string of the molecule is CCN(CC)C(=O)Oc1ccc2c(ccn2Cc2cccc(OC)c2)c1-c1cc(C)cc(C)c1.